The number of anilines is 1. The molecule has 1 aromatic rings. The molecule has 2 nitrogen and oxygen atoms in total. The number of nitrogens with one attached hydrogen (secondary N) is 1. The number of methoxy groups -OCH3 is 1. The van der Waals surface area contributed by atoms with Crippen molar-refractivity contribution in [3.05, 3.63) is 23.8 Å². The third kappa shape index (κ3) is 2.74. The minimum atomic E-state index is -4.20. The summed E-state index contributed by atoms with van der Waals surface area (Å²) in [5, 5.41) is 2.74. The van der Waals surface area contributed by atoms with Gasteiger partial charge in [-0.15, -0.1) is 0 Å². The maximum atomic E-state index is 13.4. The Balaban J connectivity index is 2.04. The van der Waals surface area contributed by atoms with Crippen LogP contribution in [-0.2, 0) is 0 Å². The largest absolute Gasteiger partial charge is 0.491 e. The van der Waals surface area contributed by atoms with Crippen molar-refractivity contribution in [2.45, 2.75) is 25.1 Å². The number of ether oxygens (including phenoxy) is 1. The molecule has 0 aromatic heterocycles. The summed E-state index contributed by atoms with van der Waals surface area (Å²) < 4.78 is 68.0. The molecule has 1 fully saturated rings. The number of alkyl halides is 3. The van der Waals surface area contributed by atoms with E-state index in [2.05, 4.69) is 5.32 Å². The fraction of sp³-hybridized carbons (Fsp3) is 0.500. The van der Waals surface area contributed by atoms with Gasteiger partial charge in [0.2, 0.25) is 5.82 Å². The Labute approximate surface area is 106 Å². The predicted molar refractivity (Wildman–Crippen MR) is 59.1 cm³/mol. The highest BCUT2D eigenvalue weighted by molar-refractivity contribution is 5.58. The standard InChI is InChI=1S/C12H12F5NO/c1-19-11-9(3-2-8(13)10(11)14)18-7-4-6(5-7)12(15,16)17/h2-3,6-7,18H,4-5H2,1H3. The molecule has 0 amide bonds. The Kier molecular flexibility index (Phi) is 3.56. The minimum absolute atomic E-state index is 0.0777. The summed E-state index contributed by atoms with van der Waals surface area (Å²) in [6.07, 6.45) is -4.35. The van der Waals surface area contributed by atoms with Crippen molar-refractivity contribution >= 4 is 5.69 Å². The van der Waals surface area contributed by atoms with Gasteiger partial charge in [-0.3, -0.25) is 0 Å². The first-order chi connectivity index (χ1) is 8.82. The molecular weight excluding hydrogens is 269 g/mol. The Morgan fingerprint density at radius 3 is 2.37 bits per heavy atom. The molecule has 0 spiro atoms. The smallest absolute Gasteiger partial charge is 0.391 e. The second-order valence-corrected chi connectivity index (χ2v) is 4.49. The number of hydrogen-bond donors (Lipinski definition) is 1. The summed E-state index contributed by atoms with van der Waals surface area (Å²) in [4.78, 5) is 0. The van der Waals surface area contributed by atoms with Gasteiger partial charge in [-0.25, -0.2) is 4.39 Å². The van der Waals surface area contributed by atoms with E-state index in [0.717, 1.165) is 6.07 Å². The Morgan fingerprint density at radius 1 is 1.21 bits per heavy atom. The lowest BCUT2D eigenvalue weighted by Crippen LogP contribution is -2.43. The van der Waals surface area contributed by atoms with Gasteiger partial charge in [0.1, 0.15) is 0 Å². The summed E-state index contributed by atoms with van der Waals surface area (Å²) in [6.45, 7) is 0. The lowest BCUT2D eigenvalue weighted by Gasteiger charge is -2.37. The van der Waals surface area contributed by atoms with Crippen LogP contribution in [-0.4, -0.2) is 19.3 Å². The van der Waals surface area contributed by atoms with Gasteiger partial charge in [-0.2, -0.15) is 17.6 Å². The third-order valence-electron chi connectivity index (χ3n) is 3.21. The fourth-order valence-electron chi connectivity index (χ4n) is 2.07. The van der Waals surface area contributed by atoms with Gasteiger partial charge < -0.3 is 10.1 Å². The molecule has 1 N–H and O–H groups in total. The van der Waals surface area contributed by atoms with E-state index in [-0.39, 0.29) is 24.3 Å². The van der Waals surface area contributed by atoms with Gasteiger partial charge in [0.25, 0.3) is 0 Å². The molecule has 0 radical (unpaired) electrons. The summed E-state index contributed by atoms with van der Waals surface area (Å²) in [5.74, 6) is -3.87. The average molecular weight is 281 g/mol. The zero-order valence-electron chi connectivity index (χ0n) is 10.0. The minimum Gasteiger partial charge on any atom is -0.491 e. The SMILES string of the molecule is COc1c(NC2CC(C(F)(F)F)C2)ccc(F)c1F. The van der Waals surface area contributed by atoms with Crippen LogP contribution in [0.5, 0.6) is 5.75 Å². The van der Waals surface area contributed by atoms with E-state index in [4.69, 9.17) is 4.74 Å². The molecule has 0 bridgehead atoms. The van der Waals surface area contributed by atoms with Crippen molar-refractivity contribution in [1.29, 1.82) is 0 Å². The second kappa shape index (κ2) is 4.86. The molecule has 0 atom stereocenters. The highest BCUT2D eigenvalue weighted by Gasteiger charge is 2.47. The highest BCUT2D eigenvalue weighted by Crippen LogP contribution is 2.43. The molecule has 1 aliphatic carbocycles. The van der Waals surface area contributed by atoms with Gasteiger partial charge in [-0.1, -0.05) is 0 Å². The van der Waals surface area contributed by atoms with Crippen molar-refractivity contribution in [2.24, 2.45) is 5.92 Å². The molecule has 106 valence electrons. The molecule has 2 rings (SSSR count). The molecule has 0 aliphatic heterocycles. The van der Waals surface area contributed by atoms with E-state index in [1.165, 1.54) is 13.2 Å². The first-order valence-electron chi connectivity index (χ1n) is 5.68. The number of rotatable bonds is 3. The van der Waals surface area contributed by atoms with Gasteiger partial charge >= 0.3 is 6.18 Å². The monoisotopic (exact) mass is 281 g/mol. The number of halogens is 5. The molecule has 0 unspecified atom stereocenters. The average Bonchev–Trinajstić information content (AvgIpc) is 2.26. The zero-order chi connectivity index (χ0) is 14.2. The topological polar surface area (TPSA) is 21.3 Å². The first-order valence-corrected chi connectivity index (χ1v) is 5.68. The molecule has 1 aromatic carbocycles. The van der Waals surface area contributed by atoms with Crippen LogP contribution in [0.2, 0.25) is 0 Å². The van der Waals surface area contributed by atoms with Crippen LogP contribution in [0.15, 0.2) is 12.1 Å². The molecule has 1 aliphatic rings. The van der Waals surface area contributed by atoms with E-state index in [9.17, 15) is 22.0 Å². The van der Waals surface area contributed by atoms with Gasteiger partial charge in [0, 0.05) is 6.04 Å². The maximum absolute atomic E-state index is 13.4. The first kappa shape index (κ1) is 13.9. The van der Waals surface area contributed by atoms with Crippen molar-refractivity contribution in [3.63, 3.8) is 0 Å². The van der Waals surface area contributed by atoms with E-state index >= 15 is 0 Å². The molecule has 7 heteroatoms. The normalized spacial score (nSPS) is 22.8. The van der Waals surface area contributed by atoms with Gasteiger partial charge in [0.15, 0.2) is 11.6 Å². The van der Waals surface area contributed by atoms with Crippen LogP contribution < -0.4 is 10.1 Å². The Hall–Kier alpha value is -1.53. The van der Waals surface area contributed by atoms with E-state index < -0.39 is 29.8 Å². The van der Waals surface area contributed by atoms with Crippen LogP contribution in [0.3, 0.4) is 0 Å². The van der Waals surface area contributed by atoms with Crippen molar-refractivity contribution in [2.75, 3.05) is 12.4 Å². The zero-order valence-corrected chi connectivity index (χ0v) is 10.0. The lowest BCUT2D eigenvalue weighted by molar-refractivity contribution is -0.195. The molecular formula is C12H12F5NO. The highest BCUT2D eigenvalue weighted by atomic mass is 19.4. The van der Waals surface area contributed by atoms with E-state index in [0.29, 0.717) is 0 Å². The molecule has 0 saturated heterocycles. The van der Waals surface area contributed by atoms with E-state index in [1.54, 1.807) is 0 Å². The number of benzene rings is 1. The third-order valence-corrected chi connectivity index (χ3v) is 3.21. The summed E-state index contributed by atoms with van der Waals surface area (Å²) in [5.41, 5.74) is 0.159. The Morgan fingerprint density at radius 2 is 1.84 bits per heavy atom. The molecule has 0 heterocycles. The quantitative estimate of drug-likeness (QED) is 0.852. The molecule has 1 saturated carbocycles. The van der Waals surface area contributed by atoms with Gasteiger partial charge in [-0.05, 0) is 25.0 Å². The van der Waals surface area contributed by atoms with Crippen molar-refractivity contribution in [3.8, 4) is 5.75 Å². The maximum Gasteiger partial charge on any atom is 0.391 e. The van der Waals surface area contributed by atoms with Gasteiger partial charge in [0.05, 0.1) is 18.7 Å². The van der Waals surface area contributed by atoms with Crippen LogP contribution in [0.4, 0.5) is 27.6 Å². The summed E-state index contributed by atoms with van der Waals surface area (Å²) in [7, 11) is 1.17. The predicted octanol–water partition coefficient (Wildman–Crippen LogP) is 3.73. The lowest BCUT2D eigenvalue weighted by atomic mass is 9.79. The fourth-order valence-corrected chi connectivity index (χ4v) is 2.07. The second-order valence-electron chi connectivity index (χ2n) is 4.49. The Bertz CT molecular complexity index is 468. The van der Waals surface area contributed by atoms with Crippen molar-refractivity contribution in [1.82, 2.24) is 0 Å². The van der Waals surface area contributed by atoms with Crippen LogP contribution >= 0.6 is 0 Å². The summed E-state index contributed by atoms with van der Waals surface area (Å²) in [6, 6.07) is 1.74. The van der Waals surface area contributed by atoms with Crippen molar-refractivity contribution < 1.29 is 26.7 Å². The number of hydrogen-bond acceptors (Lipinski definition) is 2. The van der Waals surface area contributed by atoms with Crippen LogP contribution in [0.25, 0.3) is 0 Å². The summed E-state index contributed by atoms with van der Waals surface area (Å²) >= 11 is 0. The van der Waals surface area contributed by atoms with Crippen LogP contribution in [0, 0.1) is 17.6 Å². The van der Waals surface area contributed by atoms with E-state index in [1.807, 2.05) is 0 Å². The van der Waals surface area contributed by atoms with Crippen LogP contribution in [0.1, 0.15) is 12.8 Å². The molecule has 19 heavy (non-hydrogen) atoms.